The van der Waals surface area contributed by atoms with E-state index in [1.807, 2.05) is 51.1 Å². The number of fused-ring (bicyclic) bond motifs is 1. The van der Waals surface area contributed by atoms with Gasteiger partial charge in [0.05, 0.1) is 4.90 Å². The van der Waals surface area contributed by atoms with Crippen LogP contribution in [0.2, 0.25) is 0 Å². The van der Waals surface area contributed by atoms with Crippen LogP contribution in [-0.2, 0) is 14.8 Å². The van der Waals surface area contributed by atoms with Crippen LogP contribution in [0.25, 0.3) is 10.8 Å². The van der Waals surface area contributed by atoms with Crippen LogP contribution in [-0.4, -0.2) is 44.6 Å². The molecular formula is C24H34N2O4S. The summed E-state index contributed by atoms with van der Waals surface area (Å²) in [6.07, 6.45) is 3.49. The number of ether oxygens (including phenoxy) is 1. The minimum Gasteiger partial charge on any atom is -0.444 e. The molecule has 7 heteroatoms. The Balaban J connectivity index is 1.51. The predicted molar refractivity (Wildman–Crippen MR) is 123 cm³/mol. The van der Waals surface area contributed by atoms with Gasteiger partial charge in [-0.3, -0.25) is 0 Å². The Labute approximate surface area is 186 Å². The predicted octanol–water partition coefficient (Wildman–Crippen LogP) is 4.79. The number of benzene rings is 2. The second kappa shape index (κ2) is 9.57. The van der Waals surface area contributed by atoms with Gasteiger partial charge in [0.2, 0.25) is 10.0 Å². The molecule has 0 aromatic heterocycles. The molecule has 0 bridgehead atoms. The molecule has 1 aliphatic carbocycles. The Hall–Kier alpha value is -2.12. The largest absolute Gasteiger partial charge is 0.444 e. The molecule has 1 fully saturated rings. The molecule has 0 heterocycles. The molecule has 1 N–H and O–H groups in total. The normalized spacial score (nSPS) is 20.0. The van der Waals surface area contributed by atoms with Crippen LogP contribution in [0.3, 0.4) is 0 Å². The number of rotatable bonds is 6. The quantitative estimate of drug-likeness (QED) is 0.692. The van der Waals surface area contributed by atoms with Gasteiger partial charge in [0.25, 0.3) is 0 Å². The van der Waals surface area contributed by atoms with Gasteiger partial charge in [-0.2, -0.15) is 0 Å². The molecule has 0 aliphatic heterocycles. The molecule has 0 atom stereocenters. The standard InChI is InChI=1S/C24H34N2O4S/c1-24(2,3)30-23(27)25-16-18-9-11-19(12-10-18)17-26(4)31(28,29)22-14-13-20-7-5-6-8-21(20)15-22/h5-8,13-15,18-19H,9-12,16-17H2,1-4H3,(H,25,27)/t18-,19-. The highest BCUT2D eigenvalue weighted by atomic mass is 32.2. The van der Waals surface area contributed by atoms with Crippen LogP contribution < -0.4 is 5.32 Å². The van der Waals surface area contributed by atoms with E-state index in [4.69, 9.17) is 4.74 Å². The van der Waals surface area contributed by atoms with Crippen LogP contribution >= 0.6 is 0 Å². The third-order valence-electron chi connectivity index (χ3n) is 5.84. The minimum atomic E-state index is -3.52. The van der Waals surface area contributed by atoms with Crippen molar-refractivity contribution in [2.75, 3.05) is 20.1 Å². The van der Waals surface area contributed by atoms with Crippen molar-refractivity contribution in [1.29, 1.82) is 0 Å². The lowest BCUT2D eigenvalue weighted by atomic mass is 9.82. The molecule has 31 heavy (non-hydrogen) atoms. The summed E-state index contributed by atoms with van der Waals surface area (Å²) in [7, 11) is -1.86. The third-order valence-corrected chi connectivity index (χ3v) is 7.66. The highest BCUT2D eigenvalue weighted by Gasteiger charge is 2.28. The van der Waals surface area contributed by atoms with Crippen molar-refractivity contribution in [3.63, 3.8) is 0 Å². The first-order valence-corrected chi connectivity index (χ1v) is 12.4. The molecule has 0 unspecified atom stereocenters. The molecule has 0 spiro atoms. The maximum atomic E-state index is 13.1. The van der Waals surface area contributed by atoms with E-state index in [1.165, 1.54) is 4.31 Å². The molecule has 0 saturated heterocycles. The van der Waals surface area contributed by atoms with E-state index in [1.54, 1.807) is 19.2 Å². The first kappa shape index (κ1) is 23.5. The van der Waals surface area contributed by atoms with Crippen LogP contribution in [0.15, 0.2) is 47.4 Å². The zero-order chi connectivity index (χ0) is 22.6. The van der Waals surface area contributed by atoms with E-state index >= 15 is 0 Å². The number of carbonyl (C=O) groups excluding carboxylic acids is 1. The maximum Gasteiger partial charge on any atom is 0.407 e. The van der Waals surface area contributed by atoms with Gasteiger partial charge in [-0.05, 0) is 81.2 Å². The molecule has 170 valence electrons. The van der Waals surface area contributed by atoms with Gasteiger partial charge in [-0.25, -0.2) is 17.5 Å². The molecule has 2 aromatic rings. The number of nitrogens with one attached hydrogen (secondary N) is 1. The van der Waals surface area contributed by atoms with E-state index in [0.29, 0.717) is 29.8 Å². The summed E-state index contributed by atoms with van der Waals surface area (Å²) in [5.74, 6) is 0.740. The second-order valence-corrected chi connectivity index (χ2v) is 11.6. The van der Waals surface area contributed by atoms with Gasteiger partial charge in [0, 0.05) is 20.1 Å². The van der Waals surface area contributed by atoms with E-state index in [0.717, 1.165) is 36.5 Å². The number of amides is 1. The van der Waals surface area contributed by atoms with Crippen LogP contribution in [0.1, 0.15) is 46.5 Å². The summed E-state index contributed by atoms with van der Waals surface area (Å²) in [5, 5.41) is 4.81. The summed E-state index contributed by atoms with van der Waals surface area (Å²) >= 11 is 0. The SMILES string of the molecule is CN(C[C@H]1CC[C@H](CNC(=O)OC(C)(C)C)CC1)S(=O)(=O)c1ccc2ccccc2c1. The number of hydrogen-bond donors (Lipinski definition) is 1. The summed E-state index contributed by atoms with van der Waals surface area (Å²) in [5.41, 5.74) is -0.497. The van der Waals surface area contributed by atoms with E-state index < -0.39 is 15.6 Å². The highest BCUT2D eigenvalue weighted by molar-refractivity contribution is 7.89. The molecule has 1 saturated carbocycles. The maximum absolute atomic E-state index is 13.1. The van der Waals surface area contributed by atoms with Crippen molar-refractivity contribution in [1.82, 2.24) is 9.62 Å². The van der Waals surface area contributed by atoms with Gasteiger partial charge in [-0.1, -0.05) is 30.3 Å². The van der Waals surface area contributed by atoms with Crippen LogP contribution in [0.5, 0.6) is 0 Å². The molecular weight excluding hydrogens is 412 g/mol. The van der Waals surface area contributed by atoms with Gasteiger partial charge < -0.3 is 10.1 Å². The zero-order valence-electron chi connectivity index (χ0n) is 18.9. The Morgan fingerprint density at radius 3 is 2.29 bits per heavy atom. The molecule has 1 amide bonds. The average molecular weight is 447 g/mol. The number of alkyl carbamates (subject to hydrolysis) is 1. The lowest BCUT2D eigenvalue weighted by molar-refractivity contribution is 0.0513. The zero-order valence-corrected chi connectivity index (χ0v) is 19.7. The fourth-order valence-electron chi connectivity index (χ4n) is 4.13. The van der Waals surface area contributed by atoms with Gasteiger partial charge >= 0.3 is 6.09 Å². The van der Waals surface area contributed by atoms with Gasteiger partial charge in [-0.15, -0.1) is 0 Å². The minimum absolute atomic E-state index is 0.331. The lowest BCUT2D eigenvalue weighted by Gasteiger charge is -2.31. The second-order valence-electron chi connectivity index (χ2n) is 9.56. The Morgan fingerprint density at radius 1 is 1.03 bits per heavy atom. The molecule has 0 radical (unpaired) electrons. The van der Waals surface area contributed by atoms with Crippen LogP contribution in [0.4, 0.5) is 4.79 Å². The van der Waals surface area contributed by atoms with Crippen LogP contribution in [0, 0.1) is 11.8 Å². The van der Waals surface area contributed by atoms with E-state index in [-0.39, 0.29) is 6.09 Å². The molecule has 2 aromatic carbocycles. The van der Waals surface area contributed by atoms with Crippen molar-refractivity contribution in [3.05, 3.63) is 42.5 Å². The van der Waals surface area contributed by atoms with Crippen molar-refractivity contribution >= 4 is 26.9 Å². The Morgan fingerprint density at radius 2 is 1.65 bits per heavy atom. The third kappa shape index (κ3) is 6.43. The first-order valence-electron chi connectivity index (χ1n) is 11.0. The van der Waals surface area contributed by atoms with Crippen molar-refractivity contribution in [2.45, 2.75) is 57.0 Å². The highest BCUT2D eigenvalue weighted by Crippen LogP contribution is 2.30. The van der Waals surface area contributed by atoms with E-state index in [2.05, 4.69) is 5.32 Å². The summed E-state index contributed by atoms with van der Waals surface area (Å²) in [6, 6.07) is 13.1. The molecule has 6 nitrogen and oxygen atoms in total. The summed E-state index contributed by atoms with van der Waals surface area (Å²) in [6.45, 7) is 6.66. The summed E-state index contributed by atoms with van der Waals surface area (Å²) in [4.78, 5) is 12.2. The first-order chi connectivity index (χ1) is 14.5. The van der Waals surface area contributed by atoms with Crippen molar-refractivity contribution < 1.29 is 17.9 Å². The van der Waals surface area contributed by atoms with E-state index in [9.17, 15) is 13.2 Å². The topological polar surface area (TPSA) is 75.7 Å². The smallest absolute Gasteiger partial charge is 0.407 e. The summed E-state index contributed by atoms with van der Waals surface area (Å²) < 4.78 is 32.9. The van der Waals surface area contributed by atoms with Crippen molar-refractivity contribution in [3.8, 4) is 0 Å². The molecule has 3 rings (SSSR count). The fraction of sp³-hybridized carbons (Fsp3) is 0.542. The Kier molecular flexibility index (Phi) is 7.27. The monoisotopic (exact) mass is 446 g/mol. The fourth-order valence-corrected chi connectivity index (χ4v) is 5.41. The number of nitrogens with zero attached hydrogens (tertiary/aromatic N) is 1. The van der Waals surface area contributed by atoms with Crippen molar-refractivity contribution in [2.24, 2.45) is 11.8 Å². The number of hydrogen-bond acceptors (Lipinski definition) is 4. The number of sulfonamides is 1. The Bertz CT molecular complexity index is 1010. The average Bonchev–Trinajstić information content (AvgIpc) is 2.71. The van der Waals surface area contributed by atoms with Gasteiger partial charge in [0.1, 0.15) is 5.60 Å². The lowest BCUT2D eigenvalue weighted by Crippen LogP contribution is -2.37. The van der Waals surface area contributed by atoms with Gasteiger partial charge in [0.15, 0.2) is 0 Å². The molecule has 1 aliphatic rings. The number of carbonyl (C=O) groups is 1.